The Hall–Kier alpha value is -0.540. The molecule has 1 rings (SSSR count). The molecule has 0 bridgehead atoms. The van der Waals surface area contributed by atoms with Gasteiger partial charge in [-0.05, 0) is 13.3 Å². The fraction of sp³-hybridized carbons (Fsp3) is 0.667. The SMILES string of the molecule is CC[C@H](C)OCc1nn(C)cc1Cl. The zero-order valence-electron chi connectivity index (χ0n) is 8.25. The Morgan fingerprint density at radius 3 is 2.85 bits per heavy atom. The van der Waals surface area contributed by atoms with Crippen LogP contribution in [0, 0.1) is 0 Å². The standard InChI is InChI=1S/C9H15ClN2O/c1-4-7(2)13-6-9-8(10)5-12(3)11-9/h5,7H,4,6H2,1-3H3/t7-/m0/s1. The van der Waals surface area contributed by atoms with Crippen LogP contribution in [0.3, 0.4) is 0 Å². The molecule has 0 amide bonds. The van der Waals surface area contributed by atoms with Gasteiger partial charge < -0.3 is 4.74 Å². The van der Waals surface area contributed by atoms with E-state index in [-0.39, 0.29) is 6.10 Å². The molecule has 3 nitrogen and oxygen atoms in total. The number of aryl methyl sites for hydroxylation is 1. The first-order valence-electron chi connectivity index (χ1n) is 4.43. The van der Waals surface area contributed by atoms with Gasteiger partial charge in [-0.1, -0.05) is 18.5 Å². The lowest BCUT2D eigenvalue weighted by Gasteiger charge is -2.08. The zero-order chi connectivity index (χ0) is 9.84. The molecule has 0 radical (unpaired) electrons. The molecule has 0 unspecified atom stereocenters. The van der Waals surface area contributed by atoms with E-state index in [9.17, 15) is 0 Å². The van der Waals surface area contributed by atoms with Crippen LogP contribution in [0.1, 0.15) is 26.0 Å². The van der Waals surface area contributed by atoms with E-state index in [4.69, 9.17) is 16.3 Å². The fourth-order valence-electron chi connectivity index (χ4n) is 0.942. The maximum Gasteiger partial charge on any atom is 0.107 e. The largest absolute Gasteiger partial charge is 0.372 e. The number of halogens is 1. The van der Waals surface area contributed by atoms with E-state index in [0.29, 0.717) is 11.6 Å². The number of hydrogen-bond donors (Lipinski definition) is 0. The van der Waals surface area contributed by atoms with Crippen molar-refractivity contribution in [3.8, 4) is 0 Å². The molecule has 0 saturated heterocycles. The Bertz CT molecular complexity index is 273. The molecule has 0 saturated carbocycles. The van der Waals surface area contributed by atoms with Crippen LogP contribution in [0.5, 0.6) is 0 Å². The minimum Gasteiger partial charge on any atom is -0.372 e. The molecule has 0 N–H and O–H groups in total. The molecule has 74 valence electrons. The molecule has 4 heteroatoms. The molecule has 1 heterocycles. The van der Waals surface area contributed by atoms with Crippen LogP contribution >= 0.6 is 11.6 Å². The first-order valence-corrected chi connectivity index (χ1v) is 4.81. The van der Waals surface area contributed by atoms with Crippen LogP contribution in [0.15, 0.2) is 6.20 Å². The van der Waals surface area contributed by atoms with Gasteiger partial charge in [0.2, 0.25) is 0 Å². The maximum atomic E-state index is 5.91. The Labute approximate surface area is 83.6 Å². The minimum absolute atomic E-state index is 0.262. The van der Waals surface area contributed by atoms with E-state index in [0.717, 1.165) is 12.1 Å². The van der Waals surface area contributed by atoms with Crippen molar-refractivity contribution >= 4 is 11.6 Å². The van der Waals surface area contributed by atoms with Crippen molar-refractivity contribution in [1.29, 1.82) is 0 Å². The smallest absolute Gasteiger partial charge is 0.107 e. The van der Waals surface area contributed by atoms with Crippen molar-refractivity contribution in [2.75, 3.05) is 0 Å². The van der Waals surface area contributed by atoms with Crippen LogP contribution in [0.25, 0.3) is 0 Å². The molecule has 1 aromatic rings. The minimum atomic E-state index is 0.262. The number of hydrogen-bond acceptors (Lipinski definition) is 2. The quantitative estimate of drug-likeness (QED) is 0.750. The molecule has 1 aromatic heterocycles. The topological polar surface area (TPSA) is 27.1 Å². The molecule has 1 atom stereocenters. The summed E-state index contributed by atoms with van der Waals surface area (Å²) in [5, 5.41) is 4.85. The first-order chi connectivity index (χ1) is 6.13. The van der Waals surface area contributed by atoms with E-state index in [1.807, 2.05) is 14.0 Å². The lowest BCUT2D eigenvalue weighted by atomic mass is 10.3. The predicted molar refractivity (Wildman–Crippen MR) is 52.8 cm³/mol. The van der Waals surface area contributed by atoms with Gasteiger partial charge in [-0.2, -0.15) is 5.10 Å². The van der Waals surface area contributed by atoms with Gasteiger partial charge in [0.15, 0.2) is 0 Å². The van der Waals surface area contributed by atoms with Gasteiger partial charge in [0.1, 0.15) is 5.69 Å². The molecule has 0 aromatic carbocycles. The predicted octanol–water partition coefficient (Wildman–Crippen LogP) is 2.39. The Morgan fingerprint density at radius 2 is 2.38 bits per heavy atom. The molecular weight excluding hydrogens is 188 g/mol. The molecular formula is C9H15ClN2O. The van der Waals surface area contributed by atoms with Gasteiger partial charge in [-0.3, -0.25) is 4.68 Å². The summed E-state index contributed by atoms with van der Waals surface area (Å²) >= 11 is 5.91. The van der Waals surface area contributed by atoms with Crippen molar-refractivity contribution in [3.05, 3.63) is 16.9 Å². The van der Waals surface area contributed by atoms with Crippen molar-refractivity contribution in [1.82, 2.24) is 9.78 Å². The highest BCUT2D eigenvalue weighted by Crippen LogP contribution is 2.14. The molecule has 13 heavy (non-hydrogen) atoms. The van der Waals surface area contributed by atoms with E-state index >= 15 is 0 Å². The van der Waals surface area contributed by atoms with Crippen molar-refractivity contribution in [2.24, 2.45) is 7.05 Å². The van der Waals surface area contributed by atoms with E-state index in [1.165, 1.54) is 0 Å². The van der Waals surface area contributed by atoms with E-state index in [2.05, 4.69) is 12.0 Å². The lowest BCUT2D eigenvalue weighted by molar-refractivity contribution is 0.0487. The van der Waals surface area contributed by atoms with Gasteiger partial charge >= 0.3 is 0 Å². The first kappa shape index (κ1) is 10.5. The monoisotopic (exact) mass is 202 g/mol. The summed E-state index contributed by atoms with van der Waals surface area (Å²) in [4.78, 5) is 0. The van der Waals surface area contributed by atoms with Crippen LogP contribution in [0.4, 0.5) is 0 Å². The van der Waals surface area contributed by atoms with E-state index in [1.54, 1.807) is 10.9 Å². The second-order valence-corrected chi connectivity index (χ2v) is 3.53. The molecule has 0 aliphatic rings. The Balaban J connectivity index is 2.49. The summed E-state index contributed by atoms with van der Waals surface area (Å²) < 4.78 is 7.20. The summed E-state index contributed by atoms with van der Waals surface area (Å²) in [5.41, 5.74) is 0.810. The molecule has 0 aliphatic carbocycles. The Morgan fingerprint density at radius 1 is 1.69 bits per heavy atom. The highest BCUT2D eigenvalue weighted by Gasteiger charge is 2.06. The van der Waals surface area contributed by atoms with Gasteiger partial charge in [0.05, 0.1) is 17.7 Å². The van der Waals surface area contributed by atoms with Gasteiger partial charge in [-0.15, -0.1) is 0 Å². The third kappa shape index (κ3) is 3.01. The Kier molecular flexibility index (Phi) is 3.75. The van der Waals surface area contributed by atoms with Crippen LogP contribution in [-0.4, -0.2) is 15.9 Å². The number of ether oxygens (including phenoxy) is 1. The van der Waals surface area contributed by atoms with Crippen molar-refractivity contribution in [2.45, 2.75) is 33.0 Å². The fourth-order valence-corrected chi connectivity index (χ4v) is 1.18. The summed E-state index contributed by atoms with van der Waals surface area (Å²) in [5.74, 6) is 0. The van der Waals surface area contributed by atoms with Crippen LogP contribution in [0.2, 0.25) is 5.02 Å². The van der Waals surface area contributed by atoms with Crippen LogP contribution in [-0.2, 0) is 18.4 Å². The van der Waals surface area contributed by atoms with Gasteiger partial charge in [0.25, 0.3) is 0 Å². The number of rotatable bonds is 4. The third-order valence-corrected chi connectivity index (χ3v) is 2.25. The summed E-state index contributed by atoms with van der Waals surface area (Å²) in [6.07, 6.45) is 3.04. The molecule has 0 aliphatic heterocycles. The number of nitrogens with zero attached hydrogens (tertiary/aromatic N) is 2. The summed E-state index contributed by atoms with van der Waals surface area (Å²) in [6, 6.07) is 0. The van der Waals surface area contributed by atoms with Gasteiger partial charge in [0, 0.05) is 13.2 Å². The molecule has 0 spiro atoms. The average Bonchev–Trinajstić information content (AvgIpc) is 2.41. The second kappa shape index (κ2) is 4.63. The maximum absolute atomic E-state index is 5.91. The lowest BCUT2D eigenvalue weighted by Crippen LogP contribution is -2.06. The summed E-state index contributed by atoms with van der Waals surface area (Å²) in [7, 11) is 1.85. The third-order valence-electron chi connectivity index (χ3n) is 1.93. The second-order valence-electron chi connectivity index (χ2n) is 3.13. The normalized spacial score (nSPS) is 13.2. The van der Waals surface area contributed by atoms with Crippen molar-refractivity contribution in [3.63, 3.8) is 0 Å². The zero-order valence-corrected chi connectivity index (χ0v) is 9.01. The van der Waals surface area contributed by atoms with Crippen LogP contribution < -0.4 is 0 Å². The highest BCUT2D eigenvalue weighted by molar-refractivity contribution is 6.31. The summed E-state index contributed by atoms with van der Waals surface area (Å²) in [6.45, 7) is 4.62. The van der Waals surface area contributed by atoms with Gasteiger partial charge in [-0.25, -0.2) is 0 Å². The average molecular weight is 203 g/mol. The van der Waals surface area contributed by atoms with Crippen molar-refractivity contribution < 1.29 is 4.74 Å². The van der Waals surface area contributed by atoms with E-state index < -0.39 is 0 Å². The number of aromatic nitrogens is 2. The molecule has 0 fully saturated rings. The highest BCUT2D eigenvalue weighted by atomic mass is 35.5.